The molecule has 0 radical (unpaired) electrons. The number of hydrogen-bond acceptors (Lipinski definition) is 4. The SMILES string of the molecule is c1ccc(-c2cccc(-c3nc(-c4ccc5oc6ccccc6c5c4-n4c5ccccc5c5cc6ccccc6cc54)nc(-c4cccc5ccccc45)n3)c2)cc1. The summed E-state index contributed by atoms with van der Waals surface area (Å²) in [4.78, 5) is 16.1. The van der Waals surface area contributed by atoms with E-state index in [0.29, 0.717) is 17.5 Å². The van der Waals surface area contributed by atoms with E-state index in [1.165, 1.54) is 21.5 Å². The van der Waals surface area contributed by atoms with E-state index in [-0.39, 0.29) is 0 Å². The van der Waals surface area contributed by atoms with Gasteiger partial charge in [0.25, 0.3) is 0 Å². The van der Waals surface area contributed by atoms with Crippen LogP contribution < -0.4 is 0 Å². The van der Waals surface area contributed by atoms with Crippen LogP contribution in [0, 0.1) is 0 Å². The zero-order chi connectivity index (χ0) is 38.2. The van der Waals surface area contributed by atoms with Gasteiger partial charge in [-0.05, 0) is 75.1 Å². The molecule has 0 fully saturated rings. The number of furan rings is 1. The fourth-order valence-electron chi connectivity index (χ4n) is 8.74. The number of aromatic nitrogens is 4. The molecule has 0 saturated carbocycles. The Hall–Kier alpha value is -7.89. The fraction of sp³-hybridized carbons (Fsp3) is 0. The minimum Gasteiger partial charge on any atom is -0.456 e. The zero-order valence-corrected chi connectivity index (χ0v) is 31.2. The van der Waals surface area contributed by atoms with Gasteiger partial charge in [0.05, 0.1) is 22.1 Å². The molecule has 0 bridgehead atoms. The van der Waals surface area contributed by atoms with E-state index in [1.54, 1.807) is 0 Å². The highest BCUT2D eigenvalue weighted by Crippen LogP contribution is 2.44. The Labute approximate surface area is 333 Å². The van der Waals surface area contributed by atoms with Crippen LogP contribution in [0.4, 0.5) is 0 Å². The highest BCUT2D eigenvalue weighted by molar-refractivity contribution is 6.18. The summed E-state index contributed by atoms with van der Waals surface area (Å²) in [5.74, 6) is 1.78. The average Bonchev–Trinajstić information content (AvgIpc) is 3.83. The smallest absolute Gasteiger partial charge is 0.166 e. The molecular formula is C53H32N4O. The van der Waals surface area contributed by atoms with Crippen molar-refractivity contribution in [2.75, 3.05) is 0 Å². The Kier molecular flexibility index (Phi) is 7.16. The van der Waals surface area contributed by atoms with Gasteiger partial charge in [-0.25, -0.2) is 15.0 Å². The van der Waals surface area contributed by atoms with Gasteiger partial charge in [-0.1, -0.05) is 152 Å². The van der Waals surface area contributed by atoms with Crippen LogP contribution in [0.2, 0.25) is 0 Å². The lowest BCUT2D eigenvalue weighted by atomic mass is 10.0. The number of hydrogen-bond donors (Lipinski definition) is 0. The Morgan fingerprint density at radius 1 is 0.345 bits per heavy atom. The minimum atomic E-state index is 0.576. The molecule has 0 amide bonds. The molecule has 3 aromatic heterocycles. The molecule has 0 unspecified atom stereocenters. The number of fused-ring (bicyclic) bond motifs is 8. The van der Waals surface area contributed by atoms with Crippen molar-refractivity contribution in [3.05, 3.63) is 194 Å². The Morgan fingerprint density at radius 3 is 1.83 bits per heavy atom. The Bertz CT molecular complexity index is 3580. The second-order valence-electron chi connectivity index (χ2n) is 14.8. The van der Waals surface area contributed by atoms with Crippen molar-refractivity contribution >= 4 is 65.3 Å². The van der Waals surface area contributed by atoms with Gasteiger partial charge in [0.1, 0.15) is 11.2 Å². The molecule has 5 nitrogen and oxygen atoms in total. The monoisotopic (exact) mass is 740 g/mol. The molecule has 0 aliphatic heterocycles. The van der Waals surface area contributed by atoms with Crippen molar-refractivity contribution in [3.8, 4) is 51.0 Å². The third kappa shape index (κ3) is 5.07. The molecule has 0 aliphatic carbocycles. The molecule has 0 aliphatic rings. The maximum absolute atomic E-state index is 6.60. The van der Waals surface area contributed by atoms with Gasteiger partial charge in [-0.2, -0.15) is 0 Å². The minimum absolute atomic E-state index is 0.576. The van der Waals surface area contributed by atoms with Crippen LogP contribution in [-0.2, 0) is 0 Å². The summed E-state index contributed by atoms with van der Waals surface area (Å²) >= 11 is 0. The van der Waals surface area contributed by atoms with E-state index >= 15 is 0 Å². The first-order valence-corrected chi connectivity index (χ1v) is 19.5. The molecule has 9 aromatic carbocycles. The van der Waals surface area contributed by atoms with Crippen LogP contribution >= 0.6 is 0 Å². The van der Waals surface area contributed by atoms with Crippen LogP contribution in [-0.4, -0.2) is 19.5 Å². The Balaban J connectivity index is 1.21. The van der Waals surface area contributed by atoms with Crippen LogP contribution in [0.25, 0.3) is 116 Å². The summed E-state index contributed by atoms with van der Waals surface area (Å²) < 4.78 is 9.00. The van der Waals surface area contributed by atoms with Crippen molar-refractivity contribution in [2.45, 2.75) is 0 Å². The molecule has 12 rings (SSSR count). The molecule has 0 atom stereocenters. The van der Waals surface area contributed by atoms with Gasteiger partial charge in [-0.3, -0.25) is 0 Å². The summed E-state index contributed by atoms with van der Waals surface area (Å²) in [6.07, 6.45) is 0. The van der Waals surface area contributed by atoms with Gasteiger partial charge in [-0.15, -0.1) is 0 Å². The molecule has 0 spiro atoms. The summed E-state index contributed by atoms with van der Waals surface area (Å²) in [6.45, 7) is 0. The van der Waals surface area contributed by atoms with Crippen LogP contribution in [0.3, 0.4) is 0 Å². The first-order valence-electron chi connectivity index (χ1n) is 19.5. The van der Waals surface area contributed by atoms with Gasteiger partial charge in [0.15, 0.2) is 17.5 Å². The highest BCUT2D eigenvalue weighted by Gasteiger charge is 2.25. The first kappa shape index (κ1) is 32.4. The maximum Gasteiger partial charge on any atom is 0.166 e. The average molecular weight is 741 g/mol. The topological polar surface area (TPSA) is 56.7 Å². The van der Waals surface area contributed by atoms with Gasteiger partial charge in [0.2, 0.25) is 0 Å². The second-order valence-corrected chi connectivity index (χ2v) is 14.8. The van der Waals surface area contributed by atoms with Crippen molar-refractivity contribution < 1.29 is 4.42 Å². The number of rotatable bonds is 5. The molecule has 5 heteroatoms. The molecule has 0 saturated heterocycles. The van der Waals surface area contributed by atoms with E-state index in [4.69, 9.17) is 19.4 Å². The number of para-hydroxylation sites is 2. The standard InChI is InChI=1S/C53H32N4O/c1-2-14-33(15-3-1)35-20-12-21-38(30-35)51-54-52(41-25-13-19-34-16-6-7-22-39(34)41)56-53(55-51)43-28-29-48-49(42-24-9-11-27-47(42)58-48)50(43)57-45-26-10-8-23-40(45)44-31-36-17-4-5-18-37(36)32-46(44)57/h1-32H. The lowest BCUT2D eigenvalue weighted by Crippen LogP contribution is -2.04. The van der Waals surface area contributed by atoms with E-state index in [1.807, 2.05) is 18.2 Å². The normalized spacial score (nSPS) is 11.8. The van der Waals surface area contributed by atoms with E-state index in [9.17, 15) is 0 Å². The summed E-state index contributed by atoms with van der Waals surface area (Å²) in [7, 11) is 0. The number of nitrogens with zero attached hydrogens (tertiary/aromatic N) is 4. The van der Waals surface area contributed by atoms with E-state index < -0.39 is 0 Å². The molecule has 270 valence electrons. The van der Waals surface area contributed by atoms with E-state index in [0.717, 1.165) is 77.2 Å². The Morgan fingerprint density at radius 2 is 0.966 bits per heavy atom. The van der Waals surface area contributed by atoms with Crippen LogP contribution in [0.1, 0.15) is 0 Å². The van der Waals surface area contributed by atoms with Crippen molar-refractivity contribution in [1.29, 1.82) is 0 Å². The number of benzene rings is 9. The molecule has 3 heterocycles. The van der Waals surface area contributed by atoms with Gasteiger partial charge in [0, 0.05) is 32.8 Å². The third-order valence-electron chi connectivity index (χ3n) is 11.4. The van der Waals surface area contributed by atoms with Crippen LogP contribution in [0.5, 0.6) is 0 Å². The largest absolute Gasteiger partial charge is 0.456 e. The van der Waals surface area contributed by atoms with Crippen molar-refractivity contribution in [2.24, 2.45) is 0 Å². The second kappa shape index (κ2) is 12.8. The van der Waals surface area contributed by atoms with E-state index in [2.05, 4.69) is 180 Å². The third-order valence-corrected chi connectivity index (χ3v) is 11.4. The fourth-order valence-corrected chi connectivity index (χ4v) is 8.74. The first-order chi connectivity index (χ1) is 28.7. The summed E-state index contributed by atoms with van der Waals surface area (Å²) in [5.41, 5.74) is 9.72. The lowest BCUT2D eigenvalue weighted by molar-refractivity contribution is 0.669. The molecular weight excluding hydrogens is 709 g/mol. The maximum atomic E-state index is 6.60. The molecule has 0 N–H and O–H groups in total. The van der Waals surface area contributed by atoms with Crippen LogP contribution in [0.15, 0.2) is 199 Å². The predicted molar refractivity (Wildman–Crippen MR) is 238 cm³/mol. The van der Waals surface area contributed by atoms with Gasteiger partial charge < -0.3 is 8.98 Å². The quantitative estimate of drug-likeness (QED) is 0.176. The summed E-state index contributed by atoms with van der Waals surface area (Å²) in [6, 6.07) is 68.0. The zero-order valence-electron chi connectivity index (χ0n) is 31.2. The van der Waals surface area contributed by atoms with Crippen molar-refractivity contribution in [1.82, 2.24) is 19.5 Å². The summed E-state index contributed by atoms with van der Waals surface area (Å²) in [5, 5.41) is 8.95. The highest BCUT2D eigenvalue weighted by atomic mass is 16.3. The molecule has 12 aromatic rings. The van der Waals surface area contributed by atoms with Gasteiger partial charge >= 0.3 is 0 Å². The predicted octanol–water partition coefficient (Wildman–Crippen LogP) is 13.8. The molecule has 58 heavy (non-hydrogen) atoms. The van der Waals surface area contributed by atoms with Crippen molar-refractivity contribution in [3.63, 3.8) is 0 Å². The lowest BCUT2D eigenvalue weighted by Gasteiger charge is -2.16.